The quantitative estimate of drug-likeness (QED) is 0.847. The Morgan fingerprint density at radius 2 is 2.28 bits per heavy atom. The predicted octanol–water partition coefficient (Wildman–Crippen LogP) is 0.803. The number of nitrogens with two attached hydrogens (primary N) is 1. The second-order valence-electron chi connectivity index (χ2n) is 4.82. The smallest absolute Gasteiger partial charge is 0.237 e. The third kappa shape index (κ3) is 2.13. The van der Waals surface area contributed by atoms with Crippen LogP contribution in [0.25, 0.3) is 0 Å². The van der Waals surface area contributed by atoms with E-state index in [4.69, 9.17) is 5.73 Å². The Bertz CT molecular complexity index is 473. The molecule has 0 bridgehead atoms. The van der Waals surface area contributed by atoms with Gasteiger partial charge in [0.25, 0.3) is 0 Å². The minimum atomic E-state index is 0.216. The second-order valence-corrected chi connectivity index (χ2v) is 5.84. The van der Waals surface area contributed by atoms with Crippen molar-refractivity contribution in [2.24, 2.45) is 11.7 Å². The molecule has 0 aliphatic carbocycles. The summed E-state index contributed by atoms with van der Waals surface area (Å²) >= 11 is 1.62. The van der Waals surface area contributed by atoms with Crippen molar-refractivity contribution >= 4 is 23.4 Å². The summed E-state index contributed by atoms with van der Waals surface area (Å²) in [5.41, 5.74) is 7.81. The van der Waals surface area contributed by atoms with Crippen LogP contribution in [0, 0.1) is 5.92 Å². The van der Waals surface area contributed by atoms with E-state index >= 15 is 0 Å². The van der Waals surface area contributed by atoms with E-state index in [9.17, 15) is 4.79 Å². The van der Waals surface area contributed by atoms with Crippen LogP contribution >= 0.6 is 11.8 Å². The summed E-state index contributed by atoms with van der Waals surface area (Å²) in [5, 5.41) is 3.25. The van der Waals surface area contributed by atoms with Gasteiger partial charge >= 0.3 is 0 Å². The van der Waals surface area contributed by atoms with Crippen molar-refractivity contribution in [2.75, 3.05) is 30.3 Å². The molecule has 2 aliphatic heterocycles. The molecule has 0 aromatic heterocycles. The SMILES string of the molecule is NCc1ccc2c(c1)N(CC1CNC1)C(=O)CS2. The molecule has 1 aromatic rings. The average molecular weight is 263 g/mol. The molecule has 4 nitrogen and oxygen atoms in total. The Kier molecular flexibility index (Phi) is 3.28. The maximum absolute atomic E-state index is 12.1. The Morgan fingerprint density at radius 1 is 1.44 bits per heavy atom. The van der Waals surface area contributed by atoms with E-state index in [1.54, 1.807) is 11.8 Å². The van der Waals surface area contributed by atoms with Gasteiger partial charge in [-0.1, -0.05) is 6.07 Å². The van der Waals surface area contributed by atoms with Crippen molar-refractivity contribution in [2.45, 2.75) is 11.4 Å². The van der Waals surface area contributed by atoms with E-state index in [2.05, 4.69) is 17.4 Å². The van der Waals surface area contributed by atoms with Crippen LogP contribution in [0.4, 0.5) is 5.69 Å². The molecule has 3 rings (SSSR count). The Labute approximate surface area is 111 Å². The fourth-order valence-corrected chi connectivity index (χ4v) is 3.23. The molecule has 2 aliphatic rings. The largest absolute Gasteiger partial charge is 0.326 e. The van der Waals surface area contributed by atoms with Gasteiger partial charge in [-0.05, 0) is 17.7 Å². The van der Waals surface area contributed by atoms with Crippen LogP contribution in [-0.4, -0.2) is 31.3 Å². The lowest BCUT2D eigenvalue weighted by molar-refractivity contribution is -0.116. The van der Waals surface area contributed by atoms with Gasteiger partial charge in [-0.25, -0.2) is 0 Å². The molecule has 2 heterocycles. The molecule has 0 unspecified atom stereocenters. The van der Waals surface area contributed by atoms with Crippen molar-refractivity contribution in [1.29, 1.82) is 0 Å². The molecule has 1 fully saturated rings. The summed E-state index contributed by atoms with van der Waals surface area (Å²) in [6.07, 6.45) is 0. The first-order chi connectivity index (χ1) is 8.78. The Morgan fingerprint density at radius 3 is 2.94 bits per heavy atom. The molecule has 0 saturated carbocycles. The number of rotatable bonds is 3. The van der Waals surface area contributed by atoms with Gasteiger partial charge in [-0.15, -0.1) is 11.8 Å². The van der Waals surface area contributed by atoms with Gasteiger partial charge in [0.2, 0.25) is 5.91 Å². The number of benzene rings is 1. The van der Waals surface area contributed by atoms with Gasteiger partial charge in [0.1, 0.15) is 0 Å². The van der Waals surface area contributed by atoms with Crippen LogP contribution in [0.2, 0.25) is 0 Å². The molecule has 5 heteroatoms. The minimum Gasteiger partial charge on any atom is -0.326 e. The summed E-state index contributed by atoms with van der Waals surface area (Å²) < 4.78 is 0. The first kappa shape index (κ1) is 12.0. The van der Waals surface area contributed by atoms with Crippen molar-refractivity contribution in [3.63, 3.8) is 0 Å². The van der Waals surface area contributed by atoms with E-state index in [0.717, 1.165) is 30.9 Å². The van der Waals surface area contributed by atoms with Crippen LogP contribution < -0.4 is 16.0 Å². The normalized spacial score (nSPS) is 19.6. The number of carbonyl (C=O) groups is 1. The molecule has 0 atom stereocenters. The molecule has 3 N–H and O–H groups in total. The number of anilines is 1. The number of fused-ring (bicyclic) bond motifs is 1. The highest BCUT2D eigenvalue weighted by Crippen LogP contribution is 2.36. The highest BCUT2D eigenvalue weighted by Gasteiger charge is 2.29. The minimum absolute atomic E-state index is 0.216. The number of carbonyl (C=O) groups excluding carboxylic acids is 1. The number of thioether (sulfide) groups is 1. The monoisotopic (exact) mass is 263 g/mol. The molecule has 1 saturated heterocycles. The van der Waals surface area contributed by atoms with Gasteiger partial charge in [-0.2, -0.15) is 0 Å². The molecule has 18 heavy (non-hydrogen) atoms. The first-order valence-electron chi connectivity index (χ1n) is 6.25. The summed E-state index contributed by atoms with van der Waals surface area (Å²) in [4.78, 5) is 15.2. The molecular weight excluding hydrogens is 246 g/mol. The van der Waals surface area contributed by atoms with Crippen LogP contribution in [0.15, 0.2) is 23.1 Å². The third-order valence-electron chi connectivity index (χ3n) is 3.51. The van der Waals surface area contributed by atoms with Gasteiger partial charge in [0.15, 0.2) is 0 Å². The molecular formula is C13H17N3OS. The van der Waals surface area contributed by atoms with Crippen molar-refractivity contribution in [3.05, 3.63) is 23.8 Å². The van der Waals surface area contributed by atoms with Crippen LogP contribution in [0.1, 0.15) is 5.56 Å². The van der Waals surface area contributed by atoms with E-state index in [-0.39, 0.29) is 5.91 Å². The van der Waals surface area contributed by atoms with Crippen molar-refractivity contribution in [1.82, 2.24) is 5.32 Å². The van der Waals surface area contributed by atoms with E-state index in [0.29, 0.717) is 18.2 Å². The zero-order chi connectivity index (χ0) is 12.5. The highest BCUT2D eigenvalue weighted by molar-refractivity contribution is 8.00. The van der Waals surface area contributed by atoms with E-state index < -0.39 is 0 Å². The summed E-state index contributed by atoms with van der Waals surface area (Å²) in [6, 6.07) is 6.19. The molecule has 1 amide bonds. The Balaban J connectivity index is 1.90. The highest BCUT2D eigenvalue weighted by atomic mass is 32.2. The predicted molar refractivity (Wildman–Crippen MR) is 73.8 cm³/mol. The van der Waals surface area contributed by atoms with Crippen molar-refractivity contribution in [3.8, 4) is 0 Å². The maximum Gasteiger partial charge on any atom is 0.237 e. The van der Waals surface area contributed by atoms with Crippen molar-refractivity contribution < 1.29 is 4.79 Å². The number of nitrogens with one attached hydrogen (secondary N) is 1. The summed E-state index contributed by atoms with van der Waals surface area (Å²) in [6.45, 7) is 3.38. The van der Waals surface area contributed by atoms with Gasteiger partial charge in [0.05, 0.1) is 11.4 Å². The van der Waals surface area contributed by atoms with Crippen LogP contribution in [0.5, 0.6) is 0 Å². The van der Waals surface area contributed by atoms with Crippen LogP contribution in [-0.2, 0) is 11.3 Å². The van der Waals surface area contributed by atoms with Gasteiger partial charge in [-0.3, -0.25) is 4.79 Å². The number of hydrogen-bond donors (Lipinski definition) is 2. The average Bonchev–Trinajstić information content (AvgIpc) is 2.35. The first-order valence-corrected chi connectivity index (χ1v) is 7.23. The third-order valence-corrected chi connectivity index (χ3v) is 4.56. The fraction of sp³-hybridized carbons (Fsp3) is 0.462. The molecule has 0 spiro atoms. The fourth-order valence-electron chi connectivity index (χ4n) is 2.31. The second kappa shape index (κ2) is 4.91. The summed E-state index contributed by atoms with van der Waals surface area (Å²) in [5.74, 6) is 1.36. The number of nitrogens with zero attached hydrogens (tertiary/aromatic N) is 1. The number of hydrogen-bond acceptors (Lipinski definition) is 4. The lowest BCUT2D eigenvalue weighted by Crippen LogP contribution is -2.50. The topological polar surface area (TPSA) is 58.4 Å². The molecule has 0 radical (unpaired) electrons. The van der Waals surface area contributed by atoms with E-state index in [1.165, 1.54) is 4.90 Å². The van der Waals surface area contributed by atoms with E-state index in [1.807, 2.05) is 11.0 Å². The zero-order valence-corrected chi connectivity index (χ0v) is 11.0. The van der Waals surface area contributed by atoms with Gasteiger partial charge in [0, 0.05) is 37.0 Å². The number of amides is 1. The standard InChI is InChI=1S/C13H17N3OS/c14-4-9-1-2-12-11(3-9)16(13(17)8-18-12)7-10-5-15-6-10/h1-3,10,15H,4-8,14H2. The lowest BCUT2D eigenvalue weighted by Gasteiger charge is -2.36. The Hall–Kier alpha value is -1.04. The lowest BCUT2D eigenvalue weighted by atomic mass is 10.0. The summed E-state index contributed by atoms with van der Waals surface area (Å²) in [7, 11) is 0. The van der Waals surface area contributed by atoms with Crippen LogP contribution in [0.3, 0.4) is 0 Å². The van der Waals surface area contributed by atoms with Gasteiger partial charge < -0.3 is 16.0 Å². The zero-order valence-electron chi connectivity index (χ0n) is 10.2. The maximum atomic E-state index is 12.1. The molecule has 1 aromatic carbocycles. The molecule has 96 valence electrons.